The second kappa shape index (κ2) is 11.8. The van der Waals surface area contributed by atoms with Crippen molar-refractivity contribution in [2.24, 2.45) is 0 Å². The van der Waals surface area contributed by atoms with E-state index in [0.29, 0.717) is 28.1 Å². The number of hydrogen-bond acceptors (Lipinski definition) is 11. The van der Waals surface area contributed by atoms with Crippen LogP contribution in [-0.4, -0.2) is 84.8 Å². The summed E-state index contributed by atoms with van der Waals surface area (Å²) in [5.41, 5.74) is -2.44. The molecule has 4 saturated heterocycles. The molecule has 45 heavy (non-hydrogen) atoms. The van der Waals surface area contributed by atoms with E-state index in [4.69, 9.17) is 37.3 Å². The Kier molecular flexibility index (Phi) is 8.70. The molecule has 0 aliphatic carbocycles. The van der Waals surface area contributed by atoms with Crippen LogP contribution in [0.25, 0.3) is 21.7 Å². The largest absolute Gasteiger partial charge is 0.444 e. The normalized spacial score (nSPS) is 20.3. The fourth-order valence-corrected chi connectivity index (χ4v) is 6.00. The van der Waals surface area contributed by atoms with Gasteiger partial charge in [0.15, 0.2) is 22.5 Å². The first kappa shape index (κ1) is 33.1. The topological polar surface area (TPSA) is 139 Å². The van der Waals surface area contributed by atoms with Crippen molar-refractivity contribution in [2.75, 3.05) is 18.0 Å². The van der Waals surface area contributed by atoms with Crippen molar-refractivity contribution in [3.8, 4) is 16.3 Å². The zero-order valence-electron chi connectivity index (χ0n) is 25.0. The first-order chi connectivity index (χ1) is 20.9. The number of oxazole rings is 1. The lowest BCUT2D eigenvalue weighted by molar-refractivity contribution is -0.275. The maximum Gasteiger partial charge on any atom is 0.426 e. The van der Waals surface area contributed by atoms with Gasteiger partial charge in [-0.25, -0.2) is 9.78 Å². The summed E-state index contributed by atoms with van der Waals surface area (Å²) in [6.07, 6.45) is -1.38. The Morgan fingerprint density at radius 1 is 1.13 bits per heavy atom. The van der Waals surface area contributed by atoms with Crippen LogP contribution in [0, 0.1) is 0 Å². The fourth-order valence-electron chi connectivity index (χ4n) is 4.94. The number of rotatable bonds is 5. The maximum atomic E-state index is 14.7. The quantitative estimate of drug-likeness (QED) is 0.257. The number of carbonyl (C=O) groups is 3. The molecule has 244 valence electrons. The van der Waals surface area contributed by atoms with Gasteiger partial charge in [0.25, 0.3) is 6.01 Å². The van der Waals surface area contributed by atoms with Crippen LogP contribution in [-0.2, 0) is 14.3 Å². The van der Waals surface area contributed by atoms with Crippen molar-refractivity contribution in [2.45, 2.75) is 83.3 Å². The van der Waals surface area contributed by atoms with Gasteiger partial charge in [-0.3, -0.25) is 14.5 Å². The summed E-state index contributed by atoms with van der Waals surface area (Å²) in [5, 5.41) is 12.1. The van der Waals surface area contributed by atoms with E-state index in [1.54, 1.807) is 16.5 Å². The van der Waals surface area contributed by atoms with Crippen molar-refractivity contribution >= 4 is 69.7 Å². The number of benzene rings is 1. The first-order valence-electron chi connectivity index (χ1n) is 14.0. The van der Waals surface area contributed by atoms with Crippen molar-refractivity contribution < 1.29 is 42.2 Å². The van der Waals surface area contributed by atoms with Gasteiger partial charge in [-0.05, 0) is 47.1 Å². The molecule has 7 rings (SSSR count). The van der Waals surface area contributed by atoms with E-state index < -0.39 is 23.1 Å². The number of ether oxygens (including phenoxy) is 2. The minimum absolute atomic E-state index is 0.0140. The summed E-state index contributed by atoms with van der Waals surface area (Å²) in [4.78, 5) is 45.7. The number of anilines is 1. The highest BCUT2D eigenvalue weighted by Crippen LogP contribution is 2.46. The van der Waals surface area contributed by atoms with Crippen molar-refractivity contribution in [3.63, 3.8) is 0 Å². The van der Waals surface area contributed by atoms with Crippen molar-refractivity contribution in [1.82, 2.24) is 19.3 Å². The molecular formula is C28H31Cl2F2N5O7S. The average molecular weight is 691 g/mol. The van der Waals surface area contributed by atoms with Crippen molar-refractivity contribution in [1.29, 1.82) is 0 Å². The molecule has 3 aromatic rings. The molecule has 1 N–H and O–H groups in total. The maximum absolute atomic E-state index is 14.7. The number of thiazole rings is 1. The van der Waals surface area contributed by atoms with Gasteiger partial charge in [-0.1, -0.05) is 11.6 Å². The highest BCUT2D eigenvalue weighted by molar-refractivity contribution is 7.13. The molecule has 2 atom stereocenters. The molecule has 4 aliphatic heterocycles. The van der Waals surface area contributed by atoms with Crippen LogP contribution in [0.1, 0.15) is 53.9 Å². The Bertz CT molecular complexity index is 1600. The molecule has 0 radical (unpaired) electrons. The molecule has 1 aromatic carbocycles. The number of hydrogen-bond donors (Lipinski definition) is 1. The van der Waals surface area contributed by atoms with Gasteiger partial charge in [-0.2, -0.15) is 18.2 Å². The van der Waals surface area contributed by atoms with Gasteiger partial charge in [0, 0.05) is 49.3 Å². The van der Waals surface area contributed by atoms with E-state index >= 15 is 0 Å². The monoisotopic (exact) mass is 689 g/mol. The minimum atomic E-state index is -3.97. The lowest BCUT2D eigenvalue weighted by Crippen LogP contribution is -2.70. The number of amides is 3. The zero-order chi connectivity index (χ0) is 33.1. The van der Waals surface area contributed by atoms with E-state index in [-0.39, 0.29) is 65.0 Å². The predicted molar refractivity (Wildman–Crippen MR) is 161 cm³/mol. The van der Waals surface area contributed by atoms with Crippen LogP contribution in [0.3, 0.4) is 0 Å². The molecule has 2 aromatic heterocycles. The Morgan fingerprint density at radius 3 is 2.24 bits per heavy atom. The molecular weight excluding hydrogens is 659 g/mol. The molecule has 0 spiro atoms. The summed E-state index contributed by atoms with van der Waals surface area (Å²) in [7, 11) is 0. The number of aromatic nitrogens is 2. The van der Waals surface area contributed by atoms with Crippen LogP contribution in [0.4, 0.5) is 19.6 Å². The first-order valence-corrected chi connectivity index (χ1v) is 15.6. The minimum Gasteiger partial charge on any atom is -0.444 e. The Morgan fingerprint density at radius 2 is 1.76 bits per heavy atom. The fraction of sp³-hybridized carbons (Fsp3) is 0.536. The van der Waals surface area contributed by atoms with E-state index in [1.165, 1.54) is 17.4 Å². The third kappa shape index (κ3) is 6.67. The van der Waals surface area contributed by atoms with Crippen LogP contribution in [0.2, 0.25) is 5.02 Å². The molecule has 4 fully saturated rings. The second-order valence-corrected chi connectivity index (χ2v) is 14.0. The number of fused-ring (bicyclic) bond motifs is 3. The highest BCUT2D eigenvalue weighted by atomic mass is 35.5. The molecule has 12 nitrogen and oxygen atoms in total. The number of alkyl halides is 2. The smallest absolute Gasteiger partial charge is 0.426 e. The summed E-state index contributed by atoms with van der Waals surface area (Å²) in [6.45, 7) is 8.18. The molecule has 2 bridgehead atoms. The van der Waals surface area contributed by atoms with Crippen LogP contribution < -0.4 is 9.64 Å². The number of imide groups is 1. The summed E-state index contributed by atoms with van der Waals surface area (Å²) in [5.74, 6) is -0.995. The highest BCUT2D eigenvalue weighted by Gasteiger charge is 2.51. The van der Waals surface area contributed by atoms with E-state index in [1.807, 2.05) is 25.7 Å². The molecule has 4 aliphatic rings. The number of nitrogens with zero attached hydrogens (tertiary/aromatic N) is 5. The number of halogens is 4. The van der Waals surface area contributed by atoms with E-state index in [9.17, 15) is 28.3 Å². The standard InChI is InChI=1S/C24H27ClF2N4O5S.C4H4ClNO2/c1-22(2,3)36-21(32)31-12-8-13(31)11-30(10-12)20-29-16-17(34-20)14(19-28-6-7-37-19)9-15(25)18(16)35-24(26,27)23(4,5)33;5-6-3(7)1-2-4(6)8/h6-7,9,12-13,33H,8,10-11H2,1-5H3;1-2H2. The van der Waals surface area contributed by atoms with Gasteiger partial charge in [0.2, 0.25) is 11.8 Å². The SMILES string of the molecule is CC(C)(C)OC(=O)N1C2CC1CN(c1nc3c(OC(F)(F)C(C)(C)O)c(Cl)cc(-c4nccs4)c3o1)C2.O=C1CCC(=O)N1Cl. The van der Waals surface area contributed by atoms with Crippen LogP contribution in [0.15, 0.2) is 22.1 Å². The van der Waals surface area contributed by atoms with E-state index in [2.05, 4.69) is 9.97 Å². The average Bonchev–Trinajstić information content (AvgIpc) is 3.67. The van der Waals surface area contributed by atoms with E-state index in [0.717, 1.165) is 20.3 Å². The van der Waals surface area contributed by atoms with Gasteiger partial charge < -0.3 is 23.9 Å². The van der Waals surface area contributed by atoms with Gasteiger partial charge in [0.05, 0.1) is 22.7 Å². The molecule has 3 amide bonds. The second-order valence-electron chi connectivity index (χ2n) is 12.3. The van der Waals surface area contributed by atoms with Gasteiger partial charge >= 0.3 is 12.2 Å². The summed E-state index contributed by atoms with van der Waals surface area (Å²) < 4.78 is 46.6. The molecule has 6 heterocycles. The summed E-state index contributed by atoms with van der Waals surface area (Å²) in [6, 6.07) is 1.43. The van der Waals surface area contributed by atoms with Crippen molar-refractivity contribution in [3.05, 3.63) is 22.7 Å². The van der Waals surface area contributed by atoms with Gasteiger partial charge in [0.1, 0.15) is 10.6 Å². The number of carbonyl (C=O) groups excluding carboxylic acids is 3. The molecule has 0 saturated carbocycles. The Hall–Kier alpha value is -3.27. The number of piperazine rings is 1. The molecule has 2 unspecified atom stereocenters. The number of aliphatic hydroxyl groups is 1. The number of piperidine rings is 1. The Labute approximate surface area is 270 Å². The lowest BCUT2D eigenvalue weighted by atomic mass is 9.88. The van der Waals surface area contributed by atoms with Crippen LogP contribution in [0.5, 0.6) is 5.75 Å². The van der Waals surface area contributed by atoms with Gasteiger partial charge in [-0.15, -0.1) is 11.3 Å². The third-order valence-electron chi connectivity index (χ3n) is 7.23. The summed E-state index contributed by atoms with van der Waals surface area (Å²) >= 11 is 12.9. The zero-order valence-corrected chi connectivity index (χ0v) is 27.3. The predicted octanol–water partition coefficient (Wildman–Crippen LogP) is 5.83. The third-order valence-corrected chi connectivity index (χ3v) is 8.69. The van der Waals surface area contributed by atoms with Crippen LogP contribution >= 0.6 is 34.7 Å². The Balaban J connectivity index is 0.000000436. The molecule has 17 heteroatoms. The lowest BCUT2D eigenvalue weighted by Gasteiger charge is -2.55.